The van der Waals surface area contributed by atoms with E-state index in [-0.39, 0.29) is 16.4 Å². The Balaban J connectivity index is 1.95. The first kappa shape index (κ1) is 12.7. The molecular weight excluding hydrogens is 326 g/mol. The van der Waals surface area contributed by atoms with Crippen LogP contribution in [0.5, 0.6) is 0 Å². The summed E-state index contributed by atoms with van der Waals surface area (Å²) < 4.78 is 0.998. The second-order valence-electron chi connectivity index (χ2n) is 4.35. The van der Waals surface area contributed by atoms with E-state index in [9.17, 15) is 9.59 Å². The Bertz CT molecular complexity index is 686. The molecule has 1 unspecified atom stereocenters. The second-order valence-corrected chi connectivity index (χ2v) is 6.32. The van der Waals surface area contributed by atoms with Crippen LogP contribution in [0.15, 0.2) is 40.9 Å². The molecule has 19 heavy (non-hydrogen) atoms. The lowest BCUT2D eigenvalue weighted by Gasteiger charge is -2.10. The van der Waals surface area contributed by atoms with Crippen LogP contribution in [0.4, 0.5) is 4.79 Å². The van der Waals surface area contributed by atoms with E-state index in [1.165, 1.54) is 0 Å². The van der Waals surface area contributed by atoms with Crippen molar-refractivity contribution in [2.24, 2.45) is 0 Å². The molecule has 1 saturated heterocycles. The molecule has 3 rings (SSSR count). The van der Waals surface area contributed by atoms with Crippen LogP contribution in [0.3, 0.4) is 0 Å². The summed E-state index contributed by atoms with van der Waals surface area (Å²) in [5.41, 5.74) is 1.04. The summed E-state index contributed by atoms with van der Waals surface area (Å²) in [6.07, 6.45) is 0.549. The molecule has 1 aliphatic heterocycles. The van der Waals surface area contributed by atoms with Gasteiger partial charge >= 0.3 is 0 Å². The van der Waals surface area contributed by atoms with E-state index in [1.807, 2.05) is 36.4 Å². The highest BCUT2D eigenvalue weighted by molar-refractivity contribution is 9.10. The number of halogens is 1. The first-order chi connectivity index (χ1) is 9.15. The topological polar surface area (TPSA) is 46.2 Å². The fourth-order valence-corrected chi connectivity index (χ4v) is 3.67. The first-order valence-corrected chi connectivity index (χ1v) is 7.50. The van der Waals surface area contributed by atoms with Crippen molar-refractivity contribution in [2.75, 3.05) is 0 Å². The van der Waals surface area contributed by atoms with Gasteiger partial charge < -0.3 is 0 Å². The standard InChI is InChI=1S/C14H10BrNO2S/c15-12-9(7-11-13(17)16-14(18)19-11)6-5-8-3-1-2-4-10(8)12/h1-6,11H,7H2,(H,16,17,18). The summed E-state index contributed by atoms with van der Waals surface area (Å²) in [7, 11) is 0. The van der Waals surface area contributed by atoms with Crippen molar-refractivity contribution in [3.05, 3.63) is 46.4 Å². The van der Waals surface area contributed by atoms with E-state index in [0.717, 1.165) is 32.6 Å². The van der Waals surface area contributed by atoms with Crippen molar-refractivity contribution in [1.29, 1.82) is 0 Å². The fourth-order valence-electron chi connectivity index (χ4n) is 2.16. The molecule has 1 aliphatic rings. The van der Waals surface area contributed by atoms with Crippen LogP contribution >= 0.6 is 27.7 Å². The largest absolute Gasteiger partial charge is 0.286 e. The maximum Gasteiger partial charge on any atom is 0.286 e. The number of amides is 2. The molecule has 0 saturated carbocycles. The fraction of sp³-hybridized carbons (Fsp3) is 0.143. The zero-order valence-electron chi connectivity index (χ0n) is 9.85. The lowest BCUT2D eigenvalue weighted by molar-refractivity contribution is -0.118. The first-order valence-electron chi connectivity index (χ1n) is 5.83. The van der Waals surface area contributed by atoms with Gasteiger partial charge in [-0.2, -0.15) is 0 Å². The average Bonchev–Trinajstić information content (AvgIpc) is 2.72. The molecule has 1 heterocycles. The minimum absolute atomic E-state index is 0.199. The maximum absolute atomic E-state index is 11.6. The minimum atomic E-state index is -0.329. The zero-order valence-corrected chi connectivity index (χ0v) is 12.3. The Morgan fingerprint density at radius 1 is 1.16 bits per heavy atom. The number of carbonyl (C=O) groups excluding carboxylic acids is 2. The number of benzene rings is 2. The van der Waals surface area contributed by atoms with Gasteiger partial charge in [-0.15, -0.1) is 0 Å². The van der Waals surface area contributed by atoms with Gasteiger partial charge in [-0.05, 0) is 38.7 Å². The van der Waals surface area contributed by atoms with Crippen molar-refractivity contribution >= 4 is 49.6 Å². The summed E-state index contributed by atoms with van der Waals surface area (Å²) in [4.78, 5) is 22.8. The van der Waals surface area contributed by atoms with Gasteiger partial charge in [0.2, 0.25) is 5.91 Å². The molecule has 0 spiro atoms. The molecule has 1 N–H and O–H groups in total. The SMILES string of the molecule is O=C1NC(=O)C(Cc2ccc3ccccc3c2Br)S1. The Hall–Kier alpha value is -1.33. The van der Waals surface area contributed by atoms with Gasteiger partial charge in [-0.3, -0.25) is 14.9 Å². The normalized spacial score (nSPS) is 18.9. The third-order valence-corrected chi connectivity index (χ3v) is 5.03. The van der Waals surface area contributed by atoms with Crippen molar-refractivity contribution in [2.45, 2.75) is 11.7 Å². The number of thioether (sulfide) groups is 1. The molecule has 0 aliphatic carbocycles. The van der Waals surface area contributed by atoms with Gasteiger partial charge in [0, 0.05) is 4.47 Å². The van der Waals surface area contributed by atoms with Gasteiger partial charge in [-0.1, -0.05) is 48.2 Å². The number of hydrogen-bond donors (Lipinski definition) is 1. The lowest BCUT2D eigenvalue weighted by Crippen LogP contribution is -2.25. The van der Waals surface area contributed by atoms with Crippen LogP contribution in [0.1, 0.15) is 5.56 Å². The molecule has 2 aromatic rings. The van der Waals surface area contributed by atoms with E-state index in [2.05, 4.69) is 21.2 Å². The van der Waals surface area contributed by atoms with E-state index in [1.54, 1.807) is 0 Å². The van der Waals surface area contributed by atoms with Crippen LogP contribution in [0.2, 0.25) is 0 Å². The van der Waals surface area contributed by atoms with E-state index in [4.69, 9.17) is 0 Å². The van der Waals surface area contributed by atoms with Crippen molar-refractivity contribution in [3.8, 4) is 0 Å². The predicted octanol–water partition coefficient (Wildman–Crippen LogP) is 3.50. The van der Waals surface area contributed by atoms with Crippen LogP contribution in [0, 0.1) is 0 Å². The summed E-state index contributed by atoms with van der Waals surface area (Å²) >= 11 is 4.66. The predicted molar refractivity (Wildman–Crippen MR) is 80.3 cm³/mol. The highest BCUT2D eigenvalue weighted by atomic mass is 79.9. The third-order valence-electron chi connectivity index (χ3n) is 3.12. The molecule has 5 heteroatoms. The highest BCUT2D eigenvalue weighted by Gasteiger charge is 2.31. The van der Waals surface area contributed by atoms with Crippen LogP contribution in [-0.2, 0) is 11.2 Å². The van der Waals surface area contributed by atoms with Crippen molar-refractivity contribution in [1.82, 2.24) is 5.32 Å². The Morgan fingerprint density at radius 3 is 2.68 bits per heavy atom. The van der Waals surface area contributed by atoms with Crippen LogP contribution < -0.4 is 5.32 Å². The van der Waals surface area contributed by atoms with Crippen molar-refractivity contribution in [3.63, 3.8) is 0 Å². The maximum atomic E-state index is 11.6. The summed E-state index contributed by atoms with van der Waals surface area (Å²) in [5, 5.41) is 4.00. The van der Waals surface area contributed by atoms with E-state index < -0.39 is 0 Å². The monoisotopic (exact) mass is 335 g/mol. The molecule has 0 bridgehead atoms. The Labute approximate surface area is 122 Å². The molecular formula is C14H10BrNO2S. The van der Waals surface area contributed by atoms with Gasteiger partial charge in [0.25, 0.3) is 5.24 Å². The number of rotatable bonds is 2. The number of nitrogens with one attached hydrogen (secondary N) is 1. The summed E-state index contributed by atoms with van der Waals surface area (Å²) in [6, 6.07) is 12.1. The van der Waals surface area contributed by atoms with Gasteiger partial charge in [0.15, 0.2) is 0 Å². The minimum Gasteiger partial charge on any atom is -0.286 e. The number of fused-ring (bicyclic) bond motifs is 1. The summed E-state index contributed by atoms with van der Waals surface area (Å²) in [5.74, 6) is -0.199. The molecule has 3 nitrogen and oxygen atoms in total. The molecule has 1 atom stereocenters. The Morgan fingerprint density at radius 2 is 1.95 bits per heavy atom. The summed E-state index contributed by atoms with van der Waals surface area (Å²) in [6.45, 7) is 0. The molecule has 0 radical (unpaired) electrons. The zero-order chi connectivity index (χ0) is 13.4. The molecule has 96 valence electrons. The van der Waals surface area contributed by atoms with Crippen LogP contribution in [-0.4, -0.2) is 16.4 Å². The van der Waals surface area contributed by atoms with Crippen LogP contribution in [0.25, 0.3) is 10.8 Å². The molecule has 0 aromatic heterocycles. The molecule has 2 aromatic carbocycles. The molecule has 1 fully saturated rings. The third kappa shape index (κ3) is 2.40. The quantitative estimate of drug-likeness (QED) is 0.913. The average molecular weight is 336 g/mol. The van der Waals surface area contributed by atoms with Gasteiger partial charge in [0.1, 0.15) is 0 Å². The number of carbonyl (C=O) groups is 2. The van der Waals surface area contributed by atoms with Gasteiger partial charge in [0.05, 0.1) is 5.25 Å². The smallest absolute Gasteiger partial charge is 0.286 e. The number of imide groups is 1. The van der Waals surface area contributed by atoms with Gasteiger partial charge in [-0.25, -0.2) is 0 Å². The van der Waals surface area contributed by atoms with E-state index in [0.29, 0.717) is 6.42 Å². The highest BCUT2D eigenvalue weighted by Crippen LogP contribution is 2.31. The Kier molecular flexibility index (Phi) is 3.33. The van der Waals surface area contributed by atoms with E-state index >= 15 is 0 Å². The number of hydrogen-bond acceptors (Lipinski definition) is 3. The lowest BCUT2D eigenvalue weighted by atomic mass is 10.0. The second kappa shape index (κ2) is 4.98. The van der Waals surface area contributed by atoms with Crippen molar-refractivity contribution < 1.29 is 9.59 Å². The molecule has 2 amide bonds.